The molecule has 0 aliphatic rings. The van der Waals surface area contributed by atoms with Crippen LogP contribution < -0.4 is 10.3 Å². The summed E-state index contributed by atoms with van der Waals surface area (Å²) in [4.78, 5) is 18.2. The van der Waals surface area contributed by atoms with Crippen molar-refractivity contribution in [3.05, 3.63) is 90.0 Å². The van der Waals surface area contributed by atoms with Crippen molar-refractivity contribution in [2.24, 2.45) is 10.5 Å². The van der Waals surface area contributed by atoms with Gasteiger partial charge in [0.1, 0.15) is 11.3 Å². The van der Waals surface area contributed by atoms with Gasteiger partial charge in [0, 0.05) is 9.86 Å². The first-order valence-electron chi connectivity index (χ1n) is 11.5. The first-order chi connectivity index (χ1) is 17.6. The Morgan fingerprint density at radius 3 is 2.49 bits per heavy atom. The van der Waals surface area contributed by atoms with Gasteiger partial charge in [-0.25, -0.2) is 4.98 Å². The minimum absolute atomic E-state index is 0.0202. The lowest BCUT2D eigenvalue weighted by molar-refractivity contribution is 0.196. The van der Waals surface area contributed by atoms with Crippen LogP contribution in [-0.4, -0.2) is 22.5 Å². The number of hydrogen-bond acceptors (Lipinski definition) is 5. The highest BCUT2D eigenvalue weighted by molar-refractivity contribution is 9.11. The van der Waals surface area contributed by atoms with E-state index in [1.165, 1.54) is 4.68 Å². The Bertz CT molecular complexity index is 1710. The molecule has 2 aromatic heterocycles. The molecular weight excluding hydrogens is 666 g/mol. The molecular formula is C28H22Br3N3O3. The molecule has 2 heterocycles. The summed E-state index contributed by atoms with van der Waals surface area (Å²) in [5.74, 6) is 1.47. The maximum atomic E-state index is 13.5. The zero-order chi connectivity index (χ0) is 26.3. The Labute approximate surface area is 238 Å². The Hall–Kier alpha value is -2.75. The van der Waals surface area contributed by atoms with Crippen molar-refractivity contribution in [1.29, 1.82) is 0 Å². The second-order valence-electron chi connectivity index (χ2n) is 9.77. The van der Waals surface area contributed by atoms with Crippen LogP contribution in [0.2, 0.25) is 0 Å². The van der Waals surface area contributed by atoms with Crippen molar-refractivity contribution >= 4 is 75.9 Å². The van der Waals surface area contributed by atoms with Crippen LogP contribution in [0.15, 0.2) is 88.4 Å². The van der Waals surface area contributed by atoms with Crippen LogP contribution in [0.1, 0.15) is 26.3 Å². The Morgan fingerprint density at radius 2 is 1.76 bits per heavy atom. The van der Waals surface area contributed by atoms with Crippen molar-refractivity contribution < 1.29 is 9.15 Å². The molecule has 0 atom stereocenters. The number of halogens is 3. The smallest absolute Gasteiger partial charge is 0.282 e. The molecule has 0 bridgehead atoms. The number of aromatic nitrogens is 2. The Kier molecular flexibility index (Phi) is 7.13. The largest absolute Gasteiger partial charge is 0.491 e. The zero-order valence-corrected chi connectivity index (χ0v) is 25.0. The van der Waals surface area contributed by atoms with Gasteiger partial charge in [0.25, 0.3) is 5.56 Å². The van der Waals surface area contributed by atoms with E-state index in [-0.39, 0.29) is 11.0 Å². The Balaban J connectivity index is 1.60. The highest BCUT2D eigenvalue weighted by atomic mass is 79.9. The van der Waals surface area contributed by atoms with Crippen molar-refractivity contribution in [3.8, 4) is 17.3 Å². The molecule has 0 fully saturated rings. The maximum Gasteiger partial charge on any atom is 0.282 e. The highest BCUT2D eigenvalue weighted by Gasteiger charge is 2.18. The molecule has 0 amide bonds. The molecule has 37 heavy (non-hydrogen) atoms. The van der Waals surface area contributed by atoms with E-state index in [0.29, 0.717) is 40.4 Å². The molecule has 9 heteroatoms. The number of benzene rings is 3. The molecule has 0 radical (unpaired) electrons. The number of nitrogens with zero attached hydrogens (tertiary/aromatic N) is 3. The molecule has 0 aliphatic carbocycles. The SMILES string of the molecule is CC(C)(C)COc1c(Br)cc(C=Nn2c(-c3cc4cc(Br)ccc4o3)nc3ccccc3c2=O)cc1Br. The van der Waals surface area contributed by atoms with Crippen LogP contribution in [0.3, 0.4) is 0 Å². The summed E-state index contributed by atoms with van der Waals surface area (Å²) in [5.41, 5.74) is 1.76. The first-order valence-corrected chi connectivity index (χ1v) is 13.8. The maximum absolute atomic E-state index is 13.5. The molecule has 6 nitrogen and oxygen atoms in total. The molecule has 0 unspecified atom stereocenters. The van der Waals surface area contributed by atoms with Gasteiger partial charge in [0.15, 0.2) is 5.76 Å². The van der Waals surface area contributed by atoms with Gasteiger partial charge in [-0.2, -0.15) is 9.78 Å². The fraction of sp³-hybridized carbons (Fsp3) is 0.179. The topological polar surface area (TPSA) is 69.6 Å². The standard InChI is InChI=1S/C28H22Br3N3O3/c1-28(2,3)15-36-25-20(30)10-16(11-21(25)31)14-32-34-26(33-22-7-5-4-6-19(22)27(34)35)24-13-17-12-18(29)8-9-23(17)37-24/h4-14H,15H2,1-3H3. The van der Waals surface area contributed by atoms with Crippen LogP contribution in [-0.2, 0) is 0 Å². The number of fused-ring (bicyclic) bond motifs is 2. The quantitative estimate of drug-likeness (QED) is 0.174. The third kappa shape index (κ3) is 5.58. The van der Waals surface area contributed by atoms with Crippen LogP contribution in [0.25, 0.3) is 33.5 Å². The fourth-order valence-electron chi connectivity index (χ4n) is 3.72. The van der Waals surface area contributed by atoms with Crippen LogP contribution in [0, 0.1) is 5.41 Å². The lowest BCUT2D eigenvalue weighted by Gasteiger charge is -2.20. The van der Waals surface area contributed by atoms with E-state index in [1.807, 2.05) is 48.5 Å². The minimum atomic E-state index is -0.290. The minimum Gasteiger partial charge on any atom is -0.491 e. The van der Waals surface area contributed by atoms with E-state index in [4.69, 9.17) is 14.1 Å². The molecule has 0 saturated heterocycles. The normalized spacial score (nSPS) is 12.2. The van der Waals surface area contributed by atoms with Gasteiger partial charge in [-0.3, -0.25) is 4.79 Å². The summed E-state index contributed by atoms with van der Waals surface area (Å²) in [5, 5.41) is 5.91. The van der Waals surface area contributed by atoms with Crippen LogP contribution in [0.5, 0.6) is 5.75 Å². The second-order valence-corrected chi connectivity index (χ2v) is 12.4. The van der Waals surface area contributed by atoms with Crippen molar-refractivity contribution in [2.45, 2.75) is 20.8 Å². The second kappa shape index (κ2) is 10.2. The summed E-state index contributed by atoms with van der Waals surface area (Å²) in [6, 6.07) is 18.6. The average Bonchev–Trinajstić information content (AvgIpc) is 3.25. The van der Waals surface area contributed by atoms with Crippen molar-refractivity contribution in [2.75, 3.05) is 6.61 Å². The van der Waals surface area contributed by atoms with Gasteiger partial charge in [-0.1, -0.05) is 48.8 Å². The van der Waals surface area contributed by atoms with Crippen LogP contribution in [0.4, 0.5) is 0 Å². The number of rotatable bonds is 5. The van der Waals surface area contributed by atoms with Crippen molar-refractivity contribution in [3.63, 3.8) is 0 Å². The summed E-state index contributed by atoms with van der Waals surface area (Å²) in [6.07, 6.45) is 1.61. The molecule has 0 spiro atoms. The Morgan fingerprint density at radius 1 is 1.03 bits per heavy atom. The van der Waals surface area contributed by atoms with Crippen molar-refractivity contribution in [1.82, 2.24) is 9.66 Å². The van der Waals surface area contributed by atoms with Gasteiger partial charge >= 0.3 is 0 Å². The molecule has 0 aliphatic heterocycles. The summed E-state index contributed by atoms with van der Waals surface area (Å²) in [7, 11) is 0. The predicted molar refractivity (Wildman–Crippen MR) is 159 cm³/mol. The van der Waals surface area contributed by atoms with Crippen LogP contribution >= 0.6 is 47.8 Å². The summed E-state index contributed by atoms with van der Waals surface area (Å²) >= 11 is 10.7. The van der Waals surface area contributed by atoms with E-state index in [0.717, 1.165) is 24.4 Å². The molecule has 0 saturated carbocycles. The van der Waals surface area contributed by atoms with Gasteiger partial charge < -0.3 is 9.15 Å². The lowest BCUT2D eigenvalue weighted by atomic mass is 9.99. The average molecular weight is 688 g/mol. The molecule has 0 N–H and O–H groups in total. The predicted octanol–water partition coefficient (Wildman–Crippen LogP) is 8.40. The highest BCUT2D eigenvalue weighted by Crippen LogP contribution is 2.35. The molecule has 5 rings (SSSR count). The molecule has 5 aromatic rings. The first kappa shape index (κ1) is 25.9. The fourth-order valence-corrected chi connectivity index (χ4v) is 5.55. The number of hydrogen-bond donors (Lipinski definition) is 0. The summed E-state index contributed by atoms with van der Waals surface area (Å²) in [6.45, 7) is 6.91. The van der Waals surface area contributed by atoms with E-state index in [9.17, 15) is 4.79 Å². The van der Waals surface area contributed by atoms with E-state index < -0.39 is 0 Å². The van der Waals surface area contributed by atoms with Gasteiger partial charge in [0.2, 0.25) is 5.82 Å². The third-order valence-corrected chi connectivity index (χ3v) is 7.12. The number of furan rings is 1. The van der Waals surface area contributed by atoms with E-state index >= 15 is 0 Å². The lowest BCUT2D eigenvalue weighted by Crippen LogP contribution is -2.20. The van der Waals surface area contributed by atoms with E-state index in [2.05, 4.69) is 73.7 Å². The monoisotopic (exact) mass is 685 g/mol. The zero-order valence-electron chi connectivity index (χ0n) is 20.3. The number of para-hydroxylation sites is 1. The van der Waals surface area contributed by atoms with Gasteiger partial charge in [-0.05, 0) is 91.4 Å². The molecule has 3 aromatic carbocycles. The van der Waals surface area contributed by atoms with E-state index in [1.54, 1.807) is 18.3 Å². The van der Waals surface area contributed by atoms with Gasteiger partial charge in [0.05, 0.1) is 32.7 Å². The third-order valence-electron chi connectivity index (χ3n) is 5.44. The number of ether oxygens (including phenoxy) is 1. The summed E-state index contributed by atoms with van der Waals surface area (Å²) < 4.78 is 15.8. The van der Waals surface area contributed by atoms with Gasteiger partial charge in [-0.15, -0.1) is 0 Å². The molecule has 188 valence electrons.